The molecule has 1 aromatic rings. The van der Waals surface area contributed by atoms with E-state index >= 15 is 0 Å². The summed E-state index contributed by atoms with van der Waals surface area (Å²) >= 11 is 0. The number of carbonyl (C=O) groups excluding carboxylic acids is 1. The Balaban J connectivity index is 2.22. The fourth-order valence-corrected chi connectivity index (χ4v) is 1.19. The van der Waals surface area contributed by atoms with Gasteiger partial charge in [0.15, 0.2) is 0 Å². The minimum absolute atomic E-state index is 0.261. The third kappa shape index (κ3) is 4.64. The van der Waals surface area contributed by atoms with Crippen molar-refractivity contribution in [2.45, 2.75) is 19.9 Å². The Labute approximate surface area is 97.9 Å². The number of hydrogen-bond donors (Lipinski definition) is 1. The average molecular weight is 242 g/mol. The monoisotopic (exact) mass is 242 g/mol. The molecular formula is C10H14N2O5. The van der Waals surface area contributed by atoms with E-state index in [9.17, 15) is 14.9 Å². The van der Waals surface area contributed by atoms with Crippen LogP contribution in [0.3, 0.4) is 0 Å². The van der Waals surface area contributed by atoms with E-state index in [0.29, 0.717) is 25.5 Å². The number of hydrogen-bond acceptors (Lipinski definition) is 6. The summed E-state index contributed by atoms with van der Waals surface area (Å²) < 4.78 is 9.66. The fourth-order valence-electron chi connectivity index (χ4n) is 1.19. The van der Waals surface area contributed by atoms with Gasteiger partial charge in [-0.05, 0) is 13.0 Å². The molecule has 0 aliphatic rings. The molecule has 0 aromatic carbocycles. The first kappa shape index (κ1) is 13.2. The van der Waals surface area contributed by atoms with Gasteiger partial charge in [0.2, 0.25) is 0 Å². The SMILES string of the molecule is CCOC(=O)CCNCc1ccc([N+](=O)[O-])o1. The molecule has 1 heterocycles. The topological polar surface area (TPSA) is 94.6 Å². The van der Waals surface area contributed by atoms with Gasteiger partial charge in [-0.15, -0.1) is 0 Å². The molecule has 0 saturated heterocycles. The molecule has 94 valence electrons. The molecule has 1 aromatic heterocycles. The first-order chi connectivity index (χ1) is 8.13. The van der Waals surface area contributed by atoms with Gasteiger partial charge in [-0.2, -0.15) is 0 Å². The van der Waals surface area contributed by atoms with E-state index in [-0.39, 0.29) is 18.3 Å². The van der Waals surface area contributed by atoms with E-state index < -0.39 is 4.92 Å². The number of carbonyl (C=O) groups is 1. The van der Waals surface area contributed by atoms with Crippen molar-refractivity contribution in [1.29, 1.82) is 0 Å². The summed E-state index contributed by atoms with van der Waals surface area (Å²) in [7, 11) is 0. The molecule has 17 heavy (non-hydrogen) atoms. The van der Waals surface area contributed by atoms with Crippen molar-refractivity contribution in [3.05, 3.63) is 28.0 Å². The summed E-state index contributed by atoms with van der Waals surface area (Å²) in [6.07, 6.45) is 0.261. The number of nitrogens with one attached hydrogen (secondary N) is 1. The maximum Gasteiger partial charge on any atom is 0.433 e. The lowest BCUT2D eigenvalue weighted by Gasteiger charge is -2.02. The van der Waals surface area contributed by atoms with Crippen molar-refractivity contribution >= 4 is 11.9 Å². The Hall–Kier alpha value is -1.89. The van der Waals surface area contributed by atoms with E-state index in [4.69, 9.17) is 9.15 Å². The van der Waals surface area contributed by atoms with Crippen LogP contribution in [0.5, 0.6) is 0 Å². The molecular weight excluding hydrogens is 228 g/mol. The van der Waals surface area contributed by atoms with Gasteiger partial charge in [0.1, 0.15) is 10.7 Å². The van der Waals surface area contributed by atoms with E-state index in [1.807, 2.05) is 0 Å². The standard InChI is InChI=1S/C10H14N2O5/c1-2-16-10(13)5-6-11-7-8-3-4-9(17-8)12(14)15/h3-4,11H,2,5-7H2,1H3. The van der Waals surface area contributed by atoms with Gasteiger partial charge >= 0.3 is 11.9 Å². The molecule has 0 saturated carbocycles. The molecule has 0 aliphatic heterocycles. The van der Waals surface area contributed by atoms with Crippen molar-refractivity contribution in [1.82, 2.24) is 5.32 Å². The zero-order valence-electron chi connectivity index (χ0n) is 9.47. The second kappa shape index (κ2) is 6.64. The van der Waals surface area contributed by atoms with Gasteiger partial charge in [0.25, 0.3) is 0 Å². The average Bonchev–Trinajstić information content (AvgIpc) is 2.73. The first-order valence-corrected chi connectivity index (χ1v) is 5.23. The normalized spacial score (nSPS) is 10.2. The van der Waals surface area contributed by atoms with Crippen LogP contribution in [-0.2, 0) is 16.1 Å². The van der Waals surface area contributed by atoms with Gasteiger partial charge in [0.05, 0.1) is 25.6 Å². The zero-order valence-corrected chi connectivity index (χ0v) is 9.47. The summed E-state index contributed by atoms with van der Waals surface area (Å²) in [5.74, 6) is -0.0989. The minimum atomic E-state index is -0.595. The molecule has 0 aliphatic carbocycles. The molecule has 1 rings (SSSR count). The molecule has 0 bridgehead atoms. The number of rotatable bonds is 7. The predicted molar refractivity (Wildman–Crippen MR) is 58.3 cm³/mol. The first-order valence-electron chi connectivity index (χ1n) is 5.23. The smallest absolute Gasteiger partial charge is 0.433 e. The summed E-state index contributed by atoms with van der Waals surface area (Å²) in [6.45, 7) is 2.89. The second-order valence-corrected chi connectivity index (χ2v) is 3.23. The fraction of sp³-hybridized carbons (Fsp3) is 0.500. The third-order valence-corrected chi connectivity index (χ3v) is 1.94. The Morgan fingerprint density at radius 2 is 2.35 bits per heavy atom. The number of nitrogens with zero attached hydrogens (tertiary/aromatic N) is 1. The highest BCUT2D eigenvalue weighted by molar-refractivity contribution is 5.69. The highest BCUT2D eigenvalue weighted by Crippen LogP contribution is 2.14. The molecule has 0 spiro atoms. The van der Waals surface area contributed by atoms with Crippen molar-refractivity contribution in [2.75, 3.05) is 13.2 Å². The maximum atomic E-state index is 11.0. The van der Waals surface area contributed by atoms with Crippen LogP contribution in [0.15, 0.2) is 16.5 Å². The zero-order chi connectivity index (χ0) is 12.7. The molecule has 7 heteroatoms. The lowest BCUT2D eigenvalue weighted by molar-refractivity contribution is -0.402. The molecule has 0 unspecified atom stereocenters. The Morgan fingerprint density at radius 1 is 1.59 bits per heavy atom. The van der Waals surface area contributed by atoms with E-state index in [0.717, 1.165) is 0 Å². The molecule has 7 nitrogen and oxygen atoms in total. The lowest BCUT2D eigenvalue weighted by atomic mass is 10.4. The van der Waals surface area contributed by atoms with Crippen molar-refractivity contribution < 1.29 is 18.9 Å². The number of furan rings is 1. The summed E-state index contributed by atoms with van der Waals surface area (Å²) in [5.41, 5.74) is 0. The molecule has 0 fully saturated rings. The summed E-state index contributed by atoms with van der Waals surface area (Å²) in [4.78, 5) is 20.7. The van der Waals surface area contributed by atoms with Crippen LogP contribution in [-0.4, -0.2) is 24.0 Å². The Kier molecular flexibility index (Phi) is 5.15. The van der Waals surface area contributed by atoms with Crippen LogP contribution in [0.2, 0.25) is 0 Å². The maximum absolute atomic E-state index is 11.0. The number of esters is 1. The van der Waals surface area contributed by atoms with Crippen molar-refractivity contribution in [3.8, 4) is 0 Å². The summed E-state index contributed by atoms with van der Waals surface area (Å²) in [5, 5.41) is 13.3. The Morgan fingerprint density at radius 3 is 2.94 bits per heavy atom. The largest absolute Gasteiger partial charge is 0.466 e. The van der Waals surface area contributed by atoms with Crippen molar-refractivity contribution in [2.24, 2.45) is 0 Å². The van der Waals surface area contributed by atoms with E-state index in [2.05, 4.69) is 5.32 Å². The van der Waals surface area contributed by atoms with Crippen LogP contribution in [0.25, 0.3) is 0 Å². The quantitative estimate of drug-likeness (QED) is 0.334. The van der Waals surface area contributed by atoms with Crippen LogP contribution >= 0.6 is 0 Å². The molecule has 1 N–H and O–H groups in total. The third-order valence-electron chi connectivity index (χ3n) is 1.94. The Bertz CT molecular complexity index is 388. The minimum Gasteiger partial charge on any atom is -0.466 e. The highest BCUT2D eigenvalue weighted by Gasteiger charge is 2.11. The van der Waals surface area contributed by atoms with Crippen LogP contribution in [0.4, 0.5) is 5.88 Å². The summed E-state index contributed by atoms with van der Waals surface area (Å²) in [6, 6.07) is 2.82. The highest BCUT2D eigenvalue weighted by atomic mass is 16.6. The van der Waals surface area contributed by atoms with Gasteiger partial charge in [-0.1, -0.05) is 0 Å². The van der Waals surface area contributed by atoms with Crippen molar-refractivity contribution in [3.63, 3.8) is 0 Å². The van der Waals surface area contributed by atoms with Crippen LogP contribution in [0, 0.1) is 10.1 Å². The van der Waals surface area contributed by atoms with Crippen LogP contribution < -0.4 is 5.32 Å². The number of ether oxygens (including phenoxy) is 1. The second-order valence-electron chi connectivity index (χ2n) is 3.23. The van der Waals surface area contributed by atoms with E-state index in [1.54, 1.807) is 6.92 Å². The van der Waals surface area contributed by atoms with E-state index in [1.165, 1.54) is 12.1 Å². The van der Waals surface area contributed by atoms with Gasteiger partial charge < -0.3 is 14.5 Å². The predicted octanol–water partition coefficient (Wildman–Crippen LogP) is 1.23. The van der Waals surface area contributed by atoms with Gasteiger partial charge in [-0.3, -0.25) is 14.9 Å². The van der Waals surface area contributed by atoms with Gasteiger partial charge in [0, 0.05) is 6.54 Å². The molecule has 0 radical (unpaired) electrons. The van der Waals surface area contributed by atoms with Gasteiger partial charge in [-0.25, -0.2) is 0 Å². The number of nitro groups is 1. The molecule has 0 amide bonds. The molecule has 0 atom stereocenters. The van der Waals surface area contributed by atoms with Crippen LogP contribution in [0.1, 0.15) is 19.1 Å². The lowest BCUT2D eigenvalue weighted by Crippen LogP contribution is -2.18.